The van der Waals surface area contributed by atoms with E-state index in [2.05, 4.69) is 4.98 Å². The molecule has 2 aromatic carbocycles. The molecule has 32 heavy (non-hydrogen) atoms. The summed E-state index contributed by atoms with van der Waals surface area (Å²) in [5, 5.41) is 0.312. The van der Waals surface area contributed by atoms with Gasteiger partial charge in [0.2, 0.25) is 32.5 Å². The van der Waals surface area contributed by atoms with Crippen LogP contribution < -0.4 is 4.90 Å². The Labute approximate surface area is 192 Å². The lowest BCUT2D eigenvalue weighted by Gasteiger charge is -2.34. The Morgan fingerprint density at radius 3 is 2.25 bits per heavy atom. The monoisotopic (exact) mass is 473 g/mol. The Bertz CT molecular complexity index is 1210. The van der Waals surface area contributed by atoms with Gasteiger partial charge in [0, 0.05) is 43.2 Å². The van der Waals surface area contributed by atoms with E-state index in [4.69, 9.17) is 16.0 Å². The van der Waals surface area contributed by atoms with Crippen LogP contribution in [0.1, 0.15) is 18.9 Å². The number of halogens is 1. The lowest BCUT2D eigenvalue weighted by molar-refractivity contribution is -0.131. The second-order valence-electron chi connectivity index (χ2n) is 7.67. The minimum atomic E-state index is -3.95. The van der Waals surface area contributed by atoms with E-state index < -0.39 is 9.84 Å². The number of piperazine rings is 1. The minimum absolute atomic E-state index is 0.0802. The van der Waals surface area contributed by atoms with Gasteiger partial charge in [-0.05, 0) is 43.3 Å². The SMILES string of the molecule is CCC(=O)N1CCN(c2oc(-c3ccc(C)cc3)nc2S(=O)(=O)c2ccc(Cl)cc2)CC1. The molecule has 1 saturated heterocycles. The smallest absolute Gasteiger partial charge is 0.236 e. The average molecular weight is 474 g/mol. The molecule has 0 atom stereocenters. The molecule has 1 amide bonds. The van der Waals surface area contributed by atoms with Crippen molar-refractivity contribution in [1.29, 1.82) is 0 Å². The molecule has 0 radical (unpaired) electrons. The predicted molar refractivity (Wildman–Crippen MR) is 123 cm³/mol. The number of oxazole rings is 1. The molecule has 1 aromatic heterocycles. The first-order valence-corrected chi connectivity index (χ1v) is 12.3. The molecule has 7 nitrogen and oxygen atoms in total. The molecule has 3 aromatic rings. The summed E-state index contributed by atoms with van der Waals surface area (Å²) >= 11 is 5.94. The summed E-state index contributed by atoms with van der Waals surface area (Å²) < 4.78 is 33.0. The van der Waals surface area contributed by atoms with E-state index in [-0.39, 0.29) is 27.6 Å². The first-order valence-electron chi connectivity index (χ1n) is 10.4. The van der Waals surface area contributed by atoms with Crippen LogP contribution in [0.25, 0.3) is 11.5 Å². The molecule has 0 N–H and O–H groups in total. The van der Waals surface area contributed by atoms with Gasteiger partial charge in [0.15, 0.2) is 0 Å². The summed E-state index contributed by atoms with van der Waals surface area (Å²) in [5.41, 5.74) is 1.76. The zero-order chi connectivity index (χ0) is 22.9. The quantitative estimate of drug-likeness (QED) is 0.552. The number of aryl methyl sites for hydroxylation is 1. The Morgan fingerprint density at radius 1 is 1.03 bits per heavy atom. The van der Waals surface area contributed by atoms with E-state index in [1.165, 1.54) is 24.3 Å². The number of hydrogen-bond acceptors (Lipinski definition) is 6. The molecular weight excluding hydrogens is 450 g/mol. The van der Waals surface area contributed by atoms with Crippen LogP contribution in [0.2, 0.25) is 5.02 Å². The number of carbonyl (C=O) groups is 1. The van der Waals surface area contributed by atoms with E-state index in [1.54, 1.807) is 4.90 Å². The Hall–Kier alpha value is -2.84. The summed E-state index contributed by atoms with van der Waals surface area (Å²) in [5.74, 6) is 0.510. The number of nitrogens with zero attached hydrogens (tertiary/aromatic N) is 3. The van der Waals surface area contributed by atoms with Crippen molar-refractivity contribution in [2.45, 2.75) is 30.2 Å². The molecule has 4 rings (SSSR count). The van der Waals surface area contributed by atoms with Crippen LogP contribution in [-0.4, -0.2) is 50.4 Å². The van der Waals surface area contributed by atoms with Crippen molar-refractivity contribution in [1.82, 2.24) is 9.88 Å². The second kappa shape index (κ2) is 8.96. The average Bonchev–Trinajstić information content (AvgIpc) is 3.26. The first-order chi connectivity index (χ1) is 15.3. The number of carbonyl (C=O) groups excluding carboxylic acids is 1. The van der Waals surface area contributed by atoms with Crippen LogP contribution in [0.3, 0.4) is 0 Å². The third-order valence-electron chi connectivity index (χ3n) is 5.48. The number of sulfone groups is 1. The Morgan fingerprint density at radius 2 is 1.66 bits per heavy atom. The molecule has 2 heterocycles. The summed E-state index contributed by atoms with van der Waals surface area (Å²) in [6, 6.07) is 13.5. The summed E-state index contributed by atoms with van der Waals surface area (Å²) in [7, 11) is -3.95. The van der Waals surface area contributed by atoms with Crippen LogP contribution in [0.5, 0.6) is 0 Å². The van der Waals surface area contributed by atoms with Crippen LogP contribution in [0, 0.1) is 6.92 Å². The van der Waals surface area contributed by atoms with Crippen LogP contribution in [0.15, 0.2) is 62.9 Å². The van der Waals surface area contributed by atoms with E-state index in [0.717, 1.165) is 5.56 Å². The largest absolute Gasteiger partial charge is 0.419 e. The van der Waals surface area contributed by atoms with Crippen LogP contribution in [-0.2, 0) is 14.6 Å². The summed E-state index contributed by atoms with van der Waals surface area (Å²) in [6.45, 7) is 5.70. The highest BCUT2D eigenvalue weighted by molar-refractivity contribution is 7.91. The topological polar surface area (TPSA) is 83.7 Å². The van der Waals surface area contributed by atoms with Gasteiger partial charge in [-0.25, -0.2) is 8.42 Å². The Balaban J connectivity index is 1.75. The predicted octanol–water partition coefficient (Wildman–Crippen LogP) is 4.19. The van der Waals surface area contributed by atoms with Crippen molar-refractivity contribution in [3.8, 4) is 11.5 Å². The van der Waals surface area contributed by atoms with Crippen molar-refractivity contribution in [2.75, 3.05) is 31.1 Å². The van der Waals surface area contributed by atoms with Gasteiger partial charge in [-0.2, -0.15) is 4.98 Å². The number of aromatic nitrogens is 1. The van der Waals surface area contributed by atoms with Gasteiger partial charge in [-0.3, -0.25) is 4.79 Å². The van der Waals surface area contributed by atoms with Gasteiger partial charge in [0.25, 0.3) is 0 Å². The van der Waals surface area contributed by atoms with Crippen molar-refractivity contribution < 1.29 is 17.6 Å². The molecular formula is C23H24ClN3O4S. The fourth-order valence-corrected chi connectivity index (χ4v) is 5.05. The van der Waals surface area contributed by atoms with Gasteiger partial charge in [0.1, 0.15) is 0 Å². The maximum Gasteiger partial charge on any atom is 0.236 e. The molecule has 0 unspecified atom stereocenters. The molecule has 0 aliphatic carbocycles. The van der Waals surface area contributed by atoms with Crippen molar-refractivity contribution >= 4 is 33.2 Å². The minimum Gasteiger partial charge on any atom is -0.419 e. The zero-order valence-corrected chi connectivity index (χ0v) is 19.5. The molecule has 168 valence electrons. The van der Waals surface area contributed by atoms with Crippen molar-refractivity contribution in [3.63, 3.8) is 0 Å². The maximum absolute atomic E-state index is 13.5. The van der Waals surface area contributed by atoms with Crippen molar-refractivity contribution in [3.05, 3.63) is 59.1 Å². The summed E-state index contributed by atoms with van der Waals surface area (Å²) in [4.78, 5) is 20.2. The van der Waals surface area contributed by atoms with Crippen molar-refractivity contribution in [2.24, 2.45) is 0 Å². The molecule has 1 aliphatic rings. The van der Waals surface area contributed by atoms with Gasteiger partial charge in [-0.15, -0.1) is 0 Å². The molecule has 1 fully saturated rings. The van der Waals surface area contributed by atoms with E-state index in [9.17, 15) is 13.2 Å². The first kappa shape index (κ1) is 22.4. The fraction of sp³-hybridized carbons (Fsp3) is 0.304. The summed E-state index contributed by atoms with van der Waals surface area (Å²) in [6.07, 6.45) is 0.441. The van der Waals surface area contributed by atoms with E-state index >= 15 is 0 Å². The van der Waals surface area contributed by atoms with Crippen LogP contribution >= 0.6 is 11.6 Å². The Kier molecular flexibility index (Phi) is 6.26. The lowest BCUT2D eigenvalue weighted by Crippen LogP contribution is -2.48. The highest BCUT2D eigenvalue weighted by Gasteiger charge is 2.33. The zero-order valence-electron chi connectivity index (χ0n) is 17.9. The molecule has 9 heteroatoms. The van der Waals surface area contributed by atoms with Gasteiger partial charge in [0.05, 0.1) is 4.90 Å². The highest BCUT2D eigenvalue weighted by Crippen LogP contribution is 2.35. The number of rotatable bonds is 5. The number of amides is 1. The van der Waals surface area contributed by atoms with E-state index in [0.29, 0.717) is 43.2 Å². The number of anilines is 1. The normalized spacial score (nSPS) is 14.6. The number of hydrogen-bond donors (Lipinski definition) is 0. The molecule has 1 aliphatic heterocycles. The van der Waals surface area contributed by atoms with Gasteiger partial charge >= 0.3 is 0 Å². The number of benzene rings is 2. The highest BCUT2D eigenvalue weighted by atomic mass is 35.5. The fourth-order valence-electron chi connectivity index (χ4n) is 3.60. The lowest BCUT2D eigenvalue weighted by atomic mass is 10.1. The third kappa shape index (κ3) is 4.38. The third-order valence-corrected chi connectivity index (χ3v) is 7.40. The standard InChI is InChI=1S/C23H24ClN3O4S/c1-3-20(28)26-12-14-27(15-13-26)23-22(32(29,30)19-10-8-18(24)9-11-19)25-21(31-23)17-6-4-16(2)5-7-17/h4-11H,3,12-15H2,1-2H3. The second-order valence-corrected chi connectivity index (χ2v) is 9.98. The molecule has 0 spiro atoms. The molecule has 0 saturated carbocycles. The van der Waals surface area contributed by atoms with Gasteiger partial charge in [-0.1, -0.05) is 36.2 Å². The van der Waals surface area contributed by atoms with E-state index in [1.807, 2.05) is 43.0 Å². The van der Waals surface area contributed by atoms with Crippen LogP contribution in [0.4, 0.5) is 5.88 Å². The van der Waals surface area contributed by atoms with Gasteiger partial charge < -0.3 is 14.2 Å². The molecule has 0 bridgehead atoms. The maximum atomic E-state index is 13.5.